The van der Waals surface area contributed by atoms with Gasteiger partial charge in [-0.25, -0.2) is 13.6 Å². The molecule has 8 nitrogen and oxygen atoms in total. The van der Waals surface area contributed by atoms with Crippen LogP contribution in [0.4, 0.5) is 0 Å². The van der Waals surface area contributed by atoms with Crippen LogP contribution in [-0.4, -0.2) is 60.4 Å². The zero-order valence-corrected chi connectivity index (χ0v) is 18.0. The molecule has 1 aliphatic heterocycles. The van der Waals surface area contributed by atoms with E-state index in [1.807, 2.05) is 6.92 Å². The highest BCUT2D eigenvalue weighted by Crippen LogP contribution is 2.14. The Labute approximate surface area is 174 Å². The lowest BCUT2D eigenvalue weighted by atomic mass is 10.0. The summed E-state index contributed by atoms with van der Waals surface area (Å²) in [4.78, 5) is 4.70. The third kappa shape index (κ3) is 9.58. The minimum Gasteiger partial charge on any atom is -0.381 e. The average Bonchev–Trinajstić information content (AvgIpc) is 2.71. The molecule has 4 N–H and O–H groups in total. The van der Waals surface area contributed by atoms with E-state index in [9.17, 15) is 8.42 Å². The molecule has 2 rings (SSSR count). The standard InChI is InChI=1S/C20H34N4O4S/c1-2-22-20(23-11-3-13-28-16-18-9-14-27-15-10-18)24-12-8-17-4-6-19(7-5-17)29(21,25)26/h4-7,18H,2-3,8-16H2,1H3,(H2,21,25,26)(H2,22,23,24). The van der Waals surface area contributed by atoms with Crippen molar-refractivity contribution in [2.24, 2.45) is 16.0 Å². The van der Waals surface area contributed by atoms with Crippen molar-refractivity contribution in [1.29, 1.82) is 0 Å². The van der Waals surface area contributed by atoms with Gasteiger partial charge in [0.25, 0.3) is 0 Å². The lowest BCUT2D eigenvalue weighted by Crippen LogP contribution is -2.38. The van der Waals surface area contributed by atoms with Crippen molar-refractivity contribution in [2.75, 3.05) is 46.1 Å². The van der Waals surface area contributed by atoms with Gasteiger partial charge in [0.2, 0.25) is 10.0 Å². The van der Waals surface area contributed by atoms with E-state index >= 15 is 0 Å². The van der Waals surface area contributed by atoms with Crippen molar-refractivity contribution >= 4 is 16.0 Å². The molecular weight excluding hydrogens is 392 g/mol. The fourth-order valence-corrected chi connectivity index (χ4v) is 3.55. The summed E-state index contributed by atoms with van der Waals surface area (Å²) in [6.07, 6.45) is 3.83. The van der Waals surface area contributed by atoms with E-state index in [2.05, 4.69) is 15.6 Å². The lowest BCUT2D eigenvalue weighted by molar-refractivity contribution is 0.0205. The predicted molar refractivity (Wildman–Crippen MR) is 114 cm³/mol. The Bertz CT molecular complexity index is 717. The molecule has 0 saturated carbocycles. The molecule has 1 aromatic carbocycles. The van der Waals surface area contributed by atoms with Gasteiger partial charge < -0.3 is 20.1 Å². The molecule has 0 radical (unpaired) electrons. The van der Waals surface area contributed by atoms with Gasteiger partial charge in [-0.2, -0.15) is 0 Å². The number of hydrogen-bond donors (Lipinski definition) is 3. The summed E-state index contributed by atoms with van der Waals surface area (Å²) in [5.74, 6) is 1.41. The Morgan fingerprint density at radius 3 is 2.62 bits per heavy atom. The average molecular weight is 427 g/mol. The monoisotopic (exact) mass is 426 g/mol. The molecule has 0 amide bonds. The molecule has 164 valence electrons. The number of aliphatic imine (C=N–C) groups is 1. The molecule has 1 aromatic rings. The molecule has 1 fully saturated rings. The van der Waals surface area contributed by atoms with E-state index in [1.54, 1.807) is 12.1 Å². The first-order valence-electron chi connectivity index (χ1n) is 10.3. The molecule has 1 saturated heterocycles. The van der Waals surface area contributed by atoms with E-state index < -0.39 is 10.0 Å². The molecular formula is C20H34N4O4S. The molecule has 29 heavy (non-hydrogen) atoms. The lowest BCUT2D eigenvalue weighted by Gasteiger charge is -2.21. The Balaban J connectivity index is 1.64. The Hall–Kier alpha value is -1.68. The van der Waals surface area contributed by atoms with Gasteiger partial charge in [-0.15, -0.1) is 0 Å². The van der Waals surface area contributed by atoms with Crippen LogP contribution in [0, 0.1) is 5.92 Å². The molecule has 9 heteroatoms. The van der Waals surface area contributed by atoms with Crippen LogP contribution in [0.5, 0.6) is 0 Å². The van der Waals surface area contributed by atoms with Gasteiger partial charge in [0.15, 0.2) is 5.96 Å². The van der Waals surface area contributed by atoms with Crippen molar-refractivity contribution in [1.82, 2.24) is 10.6 Å². The quantitative estimate of drug-likeness (QED) is 0.279. The maximum atomic E-state index is 11.3. The Morgan fingerprint density at radius 1 is 1.24 bits per heavy atom. The van der Waals surface area contributed by atoms with Gasteiger partial charge >= 0.3 is 0 Å². The zero-order valence-electron chi connectivity index (χ0n) is 17.2. The SMILES string of the molecule is CCNC(=NCCCOCC1CCOCC1)NCCc1ccc(S(N)(=O)=O)cc1. The Kier molecular flexibility index (Phi) is 10.4. The number of benzene rings is 1. The van der Waals surface area contributed by atoms with Gasteiger partial charge in [-0.3, -0.25) is 4.99 Å². The second-order valence-electron chi connectivity index (χ2n) is 7.11. The first-order valence-corrected chi connectivity index (χ1v) is 11.8. The summed E-state index contributed by atoms with van der Waals surface area (Å²) in [5.41, 5.74) is 1.03. The third-order valence-electron chi connectivity index (χ3n) is 4.71. The maximum Gasteiger partial charge on any atom is 0.238 e. The van der Waals surface area contributed by atoms with Crippen LogP contribution in [0.25, 0.3) is 0 Å². The van der Waals surface area contributed by atoms with Crippen LogP contribution in [0.2, 0.25) is 0 Å². The number of nitrogens with two attached hydrogens (primary N) is 1. The normalized spacial score (nSPS) is 16.0. The Morgan fingerprint density at radius 2 is 1.97 bits per heavy atom. The van der Waals surface area contributed by atoms with E-state index in [4.69, 9.17) is 14.6 Å². The third-order valence-corrected chi connectivity index (χ3v) is 5.64. The second kappa shape index (κ2) is 12.8. The van der Waals surface area contributed by atoms with Crippen LogP contribution in [-0.2, 0) is 25.9 Å². The highest BCUT2D eigenvalue weighted by molar-refractivity contribution is 7.89. The van der Waals surface area contributed by atoms with E-state index in [1.165, 1.54) is 12.1 Å². The first kappa shape index (κ1) is 23.6. The highest BCUT2D eigenvalue weighted by Gasteiger charge is 2.13. The zero-order chi connectivity index (χ0) is 21.0. The fraction of sp³-hybridized carbons (Fsp3) is 0.650. The van der Waals surface area contributed by atoms with Crippen LogP contribution in [0.1, 0.15) is 31.7 Å². The summed E-state index contributed by atoms with van der Waals surface area (Å²) in [6, 6.07) is 6.62. The van der Waals surface area contributed by atoms with Gasteiger partial charge in [-0.1, -0.05) is 12.1 Å². The van der Waals surface area contributed by atoms with Crippen molar-refractivity contribution in [3.05, 3.63) is 29.8 Å². The largest absolute Gasteiger partial charge is 0.381 e. The number of hydrogen-bond acceptors (Lipinski definition) is 5. The molecule has 0 atom stereocenters. The van der Waals surface area contributed by atoms with E-state index in [-0.39, 0.29) is 4.90 Å². The number of guanidine groups is 1. The highest BCUT2D eigenvalue weighted by atomic mass is 32.2. The van der Waals surface area contributed by atoms with E-state index in [0.717, 1.165) is 70.2 Å². The molecule has 0 spiro atoms. The summed E-state index contributed by atoms with van der Waals surface area (Å²) in [5, 5.41) is 11.6. The van der Waals surface area contributed by atoms with E-state index in [0.29, 0.717) is 19.0 Å². The van der Waals surface area contributed by atoms with Crippen molar-refractivity contribution < 1.29 is 17.9 Å². The number of ether oxygens (including phenoxy) is 2. The number of nitrogens with zero attached hydrogens (tertiary/aromatic N) is 1. The topological polar surface area (TPSA) is 115 Å². The van der Waals surface area contributed by atoms with Crippen molar-refractivity contribution in [3.8, 4) is 0 Å². The summed E-state index contributed by atoms with van der Waals surface area (Å²) >= 11 is 0. The summed E-state index contributed by atoms with van der Waals surface area (Å²) < 4.78 is 33.7. The smallest absolute Gasteiger partial charge is 0.238 e. The number of sulfonamides is 1. The number of nitrogens with one attached hydrogen (secondary N) is 2. The van der Waals surface area contributed by atoms with Crippen LogP contribution in [0.15, 0.2) is 34.2 Å². The van der Waals surface area contributed by atoms with Gasteiger partial charge in [0, 0.05) is 46.1 Å². The summed E-state index contributed by atoms with van der Waals surface area (Å²) in [6.45, 7) is 7.45. The van der Waals surface area contributed by atoms with Gasteiger partial charge in [0.05, 0.1) is 4.90 Å². The molecule has 1 aliphatic rings. The molecule has 0 aliphatic carbocycles. The maximum absolute atomic E-state index is 11.3. The van der Waals surface area contributed by atoms with Crippen LogP contribution < -0.4 is 15.8 Å². The number of rotatable bonds is 11. The van der Waals surface area contributed by atoms with Crippen molar-refractivity contribution in [3.63, 3.8) is 0 Å². The minimum atomic E-state index is -3.65. The number of primary sulfonamides is 1. The predicted octanol–water partition coefficient (Wildman–Crippen LogP) is 1.26. The fourth-order valence-electron chi connectivity index (χ4n) is 3.03. The molecule has 1 heterocycles. The van der Waals surface area contributed by atoms with Gasteiger partial charge in [0.1, 0.15) is 0 Å². The van der Waals surface area contributed by atoms with Crippen molar-refractivity contribution in [2.45, 2.75) is 37.5 Å². The molecule has 0 unspecified atom stereocenters. The van der Waals surface area contributed by atoms with Crippen LogP contribution in [0.3, 0.4) is 0 Å². The van der Waals surface area contributed by atoms with Crippen LogP contribution >= 0.6 is 0 Å². The molecule has 0 bridgehead atoms. The molecule has 0 aromatic heterocycles. The second-order valence-corrected chi connectivity index (χ2v) is 8.67. The first-order chi connectivity index (χ1) is 14.0. The summed E-state index contributed by atoms with van der Waals surface area (Å²) in [7, 11) is -3.65. The van der Waals surface area contributed by atoms with Gasteiger partial charge in [-0.05, 0) is 56.2 Å². The minimum absolute atomic E-state index is 0.128.